The number of aromatic nitrogens is 2. The quantitative estimate of drug-likeness (QED) is 0.776. The van der Waals surface area contributed by atoms with E-state index in [0.717, 1.165) is 38.9 Å². The third-order valence-electron chi connectivity index (χ3n) is 3.71. The Bertz CT molecular complexity index is 472. The minimum absolute atomic E-state index is 0.0303. The number of hydrogen-bond donors (Lipinski definition) is 1. The van der Waals surface area contributed by atoms with Crippen LogP contribution >= 0.6 is 0 Å². The molecule has 2 heterocycles. The largest absolute Gasteiger partial charge is 0.378 e. The summed E-state index contributed by atoms with van der Waals surface area (Å²) < 4.78 is 15.8. The van der Waals surface area contributed by atoms with E-state index in [4.69, 9.17) is 14.0 Å². The molecular formula is C15H26N4O4. The molecule has 0 saturated carbocycles. The Morgan fingerprint density at radius 1 is 1.43 bits per heavy atom. The minimum atomic E-state index is 0.0303. The molecule has 1 aliphatic rings. The van der Waals surface area contributed by atoms with Crippen molar-refractivity contribution in [1.29, 1.82) is 0 Å². The van der Waals surface area contributed by atoms with Gasteiger partial charge in [-0.05, 0) is 19.3 Å². The maximum absolute atomic E-state index is 11.9. The van der Waals surface area contributed by atoms with Gasteiger partial charge in [-0.15, -0.1) is 0 Å². The Labute approximate surface area is 136 Å². The molecule has 0 aromatic carbocycles. The summed E-state index contributed by atoms with van der Waals surface area (Å²) in [4.78, 5) is 17.9. The Morgan fingerprint density at radius 3 is 2.91 bits per heavy atom. The highest BCUT2D eigenvalue weighted by Gasteiger charge is 2.22. The molecule has 1 aromatic rings. The van der Waals surface area contributed by atoms with E-state index < -0.39 is 0 Å². The number of amides is 2. The number of piperidine rings is 1. The molecular weight excluding hydrogens is 300 g/mol. The zero-order valence-electron chi connectivity index (χ0n) is 13.9. The normalized spacial score (nSPS) is 15.8. The van der Waals surface area contributed by atoms with Gasteiger partial charge >= 0.3 is 6.03 Å². The third-order valence-corrected chi connectivity index (χ3v) is 3.71. The van der Waals surface area contributed by atoms with Gasteiger partial charge < -0.3 is 24.2 Å². The Hall–Kier alpha value is -1.67. The van der Waals surface area contributed by atoms with E-state index in [1.54, 1.807) is 7.11 Å². The van der Waals surface area contributed by atoms with Gasteiger partial charge in [0, 0.05) is 33.2 Å². The lowest BCUT2D eigenvalue weighted by molar-refractivity contribution is 0.0158. The van der Waals surface area contributed by atoms with Crippen molar-refractivity contribution >= 4 is 6.03 Å². The van der Waals surface area contributed by atoms with Crippen LogP contribution in [0.2, 0.25) is 0 Å². The number of nitrogens with zero attached hydrogens (tertiary/aromatic N) is 3. The molecule has 23 heavy (non-hydrogen) atoms. The van der Waals surface area contributed by atoms with Crippen LogP contribution in [0.15, 0.2) is 4.52 Å². The number of likely N-dealkylation sites (tertiary alicyclic amines) is 1. The van der Waals surface area contributed by atoms with Crippen molar-refractivity contribution in [1.82, 2.24) is 20.4 Å². The summed E-state index contributed by atoms with van der Waals surface area (Å²) in [7, 11) is 1.59. The van der Waals surface area contributed by atoms with Crippen molar-refractivity contribution in [3.05, 3.63) is 11.7 Å². The van der Waals surface area contributed by atoms with Gasteiger partial charge in [-0.2, -0.15) is 4.98 Å². The predicted octanol–water partition coefficient (Wildman–Crippen LogP) is 1.36. The van der Waals surface area contributed by atoms with Crippen LogP contribution in [0.3, 0.4) is 0 Å². The lowest BCUT2D eigenvalue weighted by Gasteiger charge is -2.31. The average Bonchev–Trinajstić information content (AvgIpc) is 3.01. The summed E-state index contributed by atoms with van der Waals surface area (Å²) in [5, 5.41) is 6.78. The fourth-order valence-electron chi connectivity index (χ4n) is 2.46. The summed E-state index contributed by atoms with van der Waals surface area (Å²) in [5.41, 5.74) is 0. The van der Waals surface area contributed by atoms with Crippen LogP contribution in [0.25, 0.3) is 0 Å². The van der Waals surface area contributed by atoms with Crippen molar-refractivity contribution in [3.8, 4) is 0 Å². The van der Waals surface area contributed by atoms with Crippen molar-refractivity contribution < 1.29 is 18.8 Å². The number of urea groups is 1. The van der Waals surface area contributed by atoms with E-state index in [0.29, 0.717) is 31.3 Å². The van der Waals surface area contributed by atoms with Crippen LogP contribution in [0.5, 0.6) is 0 Å². The zero-order chi connectivity index (χ0) is 16.5. The molecule has 130 valence electrons. The topological polar surface area (TPSA) is 89.7 Å². The first-order valence-electron chi connectivity index (χ1n) is 8.17. The lowest BCUT2D eigenvalue weighted by Crippen LogP contribution is -2.46. The first kappa shape index (κ1) is 17.7. The van der Waals surface area contributed by atoms with Crippen molar-refractivity contribution in [2.24, 2.45) is 0 Å². The Morgan fingerprint density at radius 2 is 2.22 bits per heavy atom. The van der Waals surface area contributed by atoms with E-state index in [1.807, 2.05) is 11.8 Å². The van der Waals surface area contributed by atoms with Crippen LogP contribution in [-0.2, 0) is 22.5 Å². The first-order valence-corrected chi connectivity index (χ1v) is 8.17. The van der Waals surface area contributed by atoms with Crippen molar-refractivity contribution in [3.63, 3.8) is 0 Å². The molecule has 2 rings (SSSR count). The number of carbonyl (C=O) groups is 1. The van der Waals surface area contributed by atoms with Gasteiger partial charge in [-0.1, -0.05) is 12.1 Å². The number of ether oxygens (including phenoxy) is 2. The maximum Gasteiger partial charge on any atom is 0.317 e. The molecule has 1 aromatic heterocycles. The minimum Gasteiger partial charge on any atom is -0.378 e. The highest BCUT2D eigenvalue weighted by molar-refractivity contribution is 5.74. The summed E-state index contributed by atoms with van der Waals surface area (Å²) in [6, 6.07) is 0.0303. The van der Waals surface area contributed by atoms with E-state index >= 15 is 0 Å². The smallest absolute Gasteiger partial charge is 0.317 e. The molecule has 1 N–H and O–H groups in total. The number of methoxy groups -OCH3 is 1. The van der Waals surface area contributed by atoms with Crippen molar-refractivity contribution in [2.45, 2.75) is 45.3 Å². The monoisotopic (exact) mass is 326 g/mol. The summed E-state index contributed by atoms with van der Waals surface area (Å²) in [6.45, 7) is 5.12. The summed E-state index contributed by atoms with van der Waals surface area (Å²) in [5.74, 6) is 1.11. The Kier molecular flexibility index (Phi) is 7.28. The molecule has 8 heteroatoms. The zero-order valence-corrected chi connectivity index (χ0v) is 13.9. The van der Waals surface area contributed by atoms with Gasteiger partial charge in [0.15, 0.2) is 5.82 Å². The van der Waals surface area contributed by atoms with Crippen LogP contribution in [0.1, 0.15) is 37.9 Å². The second-order valence-corrected chi connectivity index (χ2v) is 5.58. The molecule has 8 nitrogen and oxygen atoms in total. The van der Waals surface area contributed by atoms with Gasteiger partial charge in [0.1, 0.15) is 6.61 Å². The van der Waals surface area contributed by atoms with E-state index in [1.165, 1.54) is 0 Å². The summed E-state index contributed by atoms with van der Waals surface area (Å²) in [6.07, 6.45) is 3.48. The van der Waals surface area contributed by atoms with Gasteiger partial charge in [0.05, 0.1) is 12.7 Å². The van der Waals surface area contributed by atoms with Gasteiger partial charge in [0.25, 0.3) is 5.89 Å². The van der Waals surface area contributed by atoms with Gasteiger partial charge in [-0.3, -0.25) is 0 Å². The number of carbonyl (C=O) groups excluding carboxylic acids is 1. The molecule has 0 unspecified atom stereocenters. The van der Waals surface area contributed by atoms with Gasteiger partial charge in [-0.25, -0.2) is 4.79 Å². The molecule has 0 radical (unpaired) electrons. The third kappa shape index (κ3) is 5.80. The molecule has 0 atom stereocenters. The lowest BCUT2D eigenvalue weighted by atomic mass is 10.1. The number of nitrogens with one attached hydrogen (secondary N) is 1. The van der Waals surface area contributed by atoms with Gasteiger partial charge in [0.2, 0.25) is 0 Å². The van der Waals surface area contributed by atoms with Crippen LogP contribution in [0.4, 0.5) is 4.79 Å². The van der Waals surface area contributed by atoms with Crippen molar-refractivity contribution in [2.75, 3.05) is 33.4 Å². The molecule has 1 fully saturated rings. The van der Waals surface area contributed by atoms with E-state index in [2.05, 4.69) is 15.5 Å². The van der Waals surface area contributed by atoms with Crippen LogP contribution in [0, 0.1) is 0 Å². The second kappa shape index (κ2) is 9.46. The number of hydrogen-bond acceptors (Lipinski definition) is 6. The standard InChI is InChI=1S/C15H26N4O4/c1-3-7-16-15(20)19-8-4-12(5-9-19)22-10-6-13-17-14(11-21-2)23-18-13/h12H,3-11H2,1-2H3,(H,16,20). The molecule has 1 aliphatic heterocycles. The van der Waals surface area contributed by atoms with Crippen LogP contribution < -0.4 is 5.32 Å². The first-order chi connectivity index (χ1) is 11.2. The van der Waals surface area contributed by atoms with Crippen LogP contribution in [-0.4, -0.2) is 60.5 Å². The maximum atomic E-state index is 11.9. The van der Waals surface area contributed by atoms with E-state index in [-0.39, 0.29) is 12.1 Å². The SMILES string of the molecule is CCCNC(=O)N1CCC(OCCc2noc(COC)n2)CC1. The highest BCUT2D eigenvalue weighted by atomic mass is 16.5. The fourth-order valence-corrected chi connectivity index (χ4v) is 2.46. The number of rotatable bonds is 8. The Balaban J connectivity index is 1.61. The molecule has 0 bridgehead atoms. The van der Waals surface area contributed by atoms with E-state index in [9.17, 15) is 4.79 Å². The molecule has 0 spiro atoms. The fraction of sp³-hybridized carbons (Fsp3) is 0.800. The second-order valence-electron chi connectivity index (χ2n) is 5.58. The molecule has 2 amide bonds. The highest BCUT2D eigenvalue weighted by Crippen LogP contribution is 2.14. The molecule has 0 aliphatic carbocycles. The average molecular weight is 326 g/mol. The summed E-state index contributed by atoms with van der Waals surface area (Å²) >= 11 is 0. The molecule has 1 saturated heterocycles. The predicted molar refractivity (Wildman–Crippen MR) is 83.0 cm³/mol.